The van der Waals surface area contributed by atoms with Crippen LogP contribution in [0.5, 0.6) is 0 Å². The van der Waals surface area contributed by atoms with Crippen molar-refractivity contribution in [2.75, 3.05) is 6.54 Å². The van der Waals surface area contributed by atoms with E-state index in [2.05, 4.69) is 0 Å². The molecule has 2 nitrogen and oxygen atoms in total. The van der Waals surface area contributed by atoms with Crippen LogP contribution in [0.25, 0.3) is 0 Å². The van der Waals surface area contributed by atoms with Crippen molar-refractivity contribution in [3.63, 3.8) is 0 Å². The molecular formula is C12H18FNOS. The Morgan fingerprint density at radius 1 is 1.56 bits per heavy atom. The lowest BCUT2D eigenvalue weighted by atomic mass is 10.0. The summed E-state index contributed by atoms with van der Waals surface area (Å²) in [4.78, 5) is 0.875. The van der Waals surface area contributed by atoms with E-state index >= 15 is 0 Å². The molecule has 0 aromatic heterocycles. The summed E-state index contributed by atoms with van der Waals surface area (Å²) in [5.74, 6) is -0.234. The van der Waals surface area contributed by atoms with E-state index in [-0.39, 0.29) is 17.6 Å². The highest BCUT2D eigenvalue weighted by Gasteiger charge is 2.21. The Morgan fingerprint density at radius 2 is 2.25 bits per heavy atom. The maximum Gasteiger partial charge on any atom is 0.124 e. The van der Waals surface area contributed by atoms with E-state index < -0.39 is 5.60 Å². The van der Waals surface area contributed by atoms with Gasteiger partial charge < -0.3 is 10.8 Å². The van der Waals surface area contributed by atoms with Gasteiger partial charge in [0.25, 0.3) is 0 Å². The van der Waals surface area contributed by atoms with Gasteiger partial charge in [-0.25, -0.2) is 4.39 Å². The average Bonchev–Trinajstić information content (AvgIpc) is 2.16. The van der Waals surface area contributed by atoms with Crippen molar-refractivity contribution in [3.05, 3.63) is 30.1 Å². The van der Waals surface area contributed by atoms with Crippen LogP contribution in [0, 0.1) is 5.82 Å². The molecule has 0 aliphatic heterocycles. The van der Waals surface area contributed by atoms with Crippen LogP contribution >= 0.6 is 11.8 Å². The Balaban J connectivity index is 2.55. The summed E-state index contributed by atoms with van der Waals surface area (Å²) in [6.45, 7) is 3.95. The second-order valence-corrected chi connectivity index (χ2v) is 5.80. The van der Waals surface area contributed by atoms with Gasteiger partial charge in [0.1, 0.15) is 5.82 Å². The normalized spacial score (nSPS) is 16.8. The molecular weight excluding hydrogens is 225 g/mol. The molecule has 0 saturated heterocycles. The fraction of sp³-hybridized carbons (Fsp3) is 0.500. The molecule has 1 rings (SSSR count). The van der Waals surface area contributed by atoms with E-state index in [1.54, 1.807) is 24.8 Å². The van der Waals surface area contributed by atoms with Crippen LogP contribution in [0.3, 0.4) is 0 Å². The zero-order valence-corrected chi connectivity index (χ0v) is 10.4. The molecule has 0 amide bonds. The lowest BCUT2D eigenvalue weighted by molar-refractivity contribution is 0.0608. The number of nitrogens with two attached hydrogens (primary N) is 1. The van der Waals surface area contributed by atoms with Crippen LogP contribution in [0.2, 0.25) is 0 Å². The third-order valence-electron chi connectivity index (χ3n) is 2.30. The van der Waals surface area contributed by atoms with Gasteiger partial charge in [0.05, 0.1) is 5.60 Å². The van der Waals surface area contributed by atoms with Gasteiger partial charge in [-0.05, 0) is 31.5 Å². The molecule has 0 radical (unpaired) electrons. The summed E-state index contributed by atoms with van der Waals surface area (Å²) in [7, 11) is 0. The minimum atomic E-state index is -0.847. The summed E-state index contributed by atoms with van der Waals surface area (Å²) in [5.41, 5.74) is 4.61. The maximum absolute atomic E-state index is 12.9. The van der Waals surface area contributed by atoms with Gasteiger partial charge in [-0.15, -0.1) is 11.8 Å². The molecule has 0 aliphatic carbocycles. The van der Waals surface area contributed by atoms with E-state index in [0.717, 1.165) is 4.90 Å². The third-order valence-corrected chi connectivity index (χ3v) is 3.40. The molecule has 3 N–H and O–H groups in total. The first kappa shape index (κ1) is 13.5. The van der Waals surface area contributed by atoms with Crippen LogP contribution in [0.15, 0.2) is 29.2 Å². The van der Waals surface area contributed by atoms with E-state index in [4.69, 9.17) is 5.73 Å². The summed E-state index contributed by atoms with van der Waals surface area (Å²) in [6, 6.07) is 6.47. The number of benzene rings is 1. The Hall–Kier alpha value is -0.580. The number of halogens is 1. The minimum Gasteiger partial charge on any atom is -0.389 e. The Morgan fingerprint density at radius 3 is 2.81 bits per heavy atom. The van der Waals surface area contributed by atoms with Gasteiger partial charge in [0.2, 0.25) is 0 Å². The van der Waals surface area contributed by atoms with Crippen LogP contribution in [0.1, 0.15) is 20.3 Å². The molecule has 0 fully saturated rings. The molecule has 0 heterocycles. The minimum absolute atomic E-state index is 0.195. The highest BCUT2D eigenvalue weighted by atomic mass is 32.2. The molecule has 0 spiro atoms. The quantitative estimate of drug-likeness (QED) is 0.781. The van der Waals surface area contributed by atoms with Gasteiger partial charge in [0.15, 0.2) is 0 Å². The van der Waals surface area contributed by atoms with Crippen molar-refractivity contribution in [2.45, 2.75) is 36.0 Å². The fourth-order valence-corrected chi connectivity index (χ4v) is 2.76. The summed E-state index contributed by atoms with van der Waals surface area (Å²) < 4.78 is 12.9. The lowest BCUT2D eigenvalue weighted by Gasteiger charge is -2.24. The molecule has 16 heavy (non-hydrogen) atoms. The number of aliphatic hydroxyl groups is 1. The molecule has 1 aromatic rings. The standard InChI is InChI=1S/C12H18FNOS/c1-9(7-12(2,15)8-14)16-11-5-3-4-10(13)6-11/h3-6,9,15H,7-8,14H2,1-2H3. The van der Waals surface area contributed by atoms with Gasteiger partial charge in [0, 0.05) is 16.7 Å². The van der Waals surface area contributed by atoms with Crippen molar-refractivity contribution in [2.24, 2.45) is 5.73 Å². The molecule has 2 unspecified atom stereocenters. The van der Waals surface area contributed by atoms with Gasteiger partial charge in [-0.2, -0.15) is 0 Å². The molecule has 0 bridgehead atoms. The van der Waals surface area contributed by atoms with Crippen LogP contribution in [-0.2, 0) is 0 Å². The van der Waals surface area contributed by atoms with Crippen molar-refractivity contribution < 1.29 is 9.50 Å². The maximum atomic E-state index is 12.9. The Bertz CT molecular complexity index is 344. The SMILES string of the molecule is CC(CC(C)(O)CN)Sc1cccc(F)c1. The molecule has 0 saturated carbocycles. The van der Waals surface area contributed by atoms with Gasteiger partial charge in [-0.3, -0.25) is 0 Å². The topological polar surface area (TPSA) is 46.2 Å². The van der Waals surface area contributed by atoms with Crippen LogP contribution < -0.4 is 5.73 Å². The Labute approximate surface area is 100 Å². The van der Waals surface area contributed by atoms with E-state index in [9.17, 15) is 9.50 Å². The van der Waals surface area contributed by atoms with Crippen molar-refractivity contribution in [1.82, 2.24) is 0 Å². The number of hydrogen-bond donors (Lipinski definition) is 2. The second-order valence-electron chi connectivity index (χ2n) is 4.29. The van der Waals surface area contributed by atoms with Crippen molar-refractivity contribution in [1.29, 1.82) is 0 Å². The first-order valence-corrected chi connectivity index (χ1v) is 6.15. The average molecular weight is 243 g/mol. The van der Waals surface area contributed by atoms with E-state index in [0.29, 0.717) is 6.42 Å². The summed E-state index contributed by atoms with van der Waals surface area (Å²) in [6.07, 6.45) is 0.588. The van der Waals surface area contributed by atoms with Crippen molar-refractivity contribution in [3.8, 4) is 0 Å². The molecule has 90 valence electrons. The van der Waals surface area contributed by atoms with E-state index in [1.165, 1.54) is 12.1 Å². The van der Waals surface area contributed by atoms with Gasteiger partial charge >= 0.3 is 0 Å². The zero-order valence-electron chi connectivity index (χ0n) is 9.61. The fourth-order valence-electron chi connectivity index (χ4n) is 1.52. The number of thioether (sulfide) groups is 1. The second kappa shape index (κ2) is 5.66. The van der Waals surface area contributed by atoms with Crippen LogP contribution in [-0.4, -0.2) is 22.5 Å². The molecule has 4 heteroatoms. The third kappa shape index (κ3) is 4.51. The molecule has 0 aliphatic rings. The highest BCUT2D eigenvalue weighted by molar-refractivity contribution is 7.99. The number of hydrogen-bond acceptors (Lipinski definition) is 3. The molecule has 2 atom stereocenters. The summed E-state index contributed by atoms with van der Waals surface area (Å²) >= 11 is 1.54. The van der Waals surface area contributed by atoms with Gasteiger partial charge in [-0.1, -0.05) is 13.0 Å². The smallest absolute Gasteiger partial charge is 0.124 e. The summed E-state index contributed by atoms with van der Waals surface area (Å²) in [5, 5.41) is 10.0. The highest BCUT2D eigenvalue weighted by Crippen LogP contribution is 2.28. The zero-order chi connectivity index (χ0) is 12.2. The van der Waals surface area contributed by atoms with Crippen molar-refractivity contribution >= 4 is 11.8 Å². The predicted molar refractivity (Wildman–Crippen MR) is 66.0 cm³/mol. The number of rotatable bonds is 5. The molecule has 1 aromatic carbocycles. The first-order valence-electron chi connectivity index (χ1n) is 5.27. The van der Waals surface area contributed by atoms with E-state index in [1.807, 2.05) is 13.0 Å². The monoisotopic (exact) mass is 243 g/mol. The predicted octanol–water partition coefficient (Wildman–Crippen LogP) is 2.41. The first-order chi connectivity index (χ1) is 7.43. The lowest BCUT2D eigenvalue weighted by Crippen LogP contribution is -2.36. The largest absolute Gasteiger partial charge is 0.389 e. The Kier molecular flexibility index (Phi) is 4.77. The van der Waals surface area contributed by atoms with Crippen LogP contribution in [0.4, 0.5) is 4.39 Å².